The molecule has 2 aromatic heterocycles. The van der Waals surface area contributed by atoms with E-state index in [1.807, 2.05) is 47.8 Å². The van der Waals surface area contributed by atoms with Crippen LogP contribution < -0.4 is 5.46 Å². The minimum atomic E-state index is -1.61. The molecule has 28 heavy (non-hydrogen) atoms. The number of rotatable bonds is 6. The van der Waals surface area contributed by atoms with Gasteiger partial charge in [-0.3, -0.25) is 10.1 Å². The molecule has 0 fully saturated rings. The van der Waals surface area contributed by atoms with Crippen molar-refractivity contribution in [1.29, 1.82) is 0 Å². The van der Waals surface area contributed by atoms with Crippen LogP contribution in [0.1, 0.15) is 16.4 Å². The molecule has 4 rings (SSSR count). The number of fused-ring (bicyclic) bond motifs is 1. The summed E-state index contributed by atoms with van der Waals surface area (Å²) in [6, 6.07) is 18.5. The molecule has 8 heteroatoms. The molecule has 0 saturated heterocycles. The van der Waals surface area contributed by atoms with Crippen LogP contribution in [0.3, 0.4) is 0 Å². The van der Waals surface area contributed by atoms with Crippen LogP contribution in [0, 0.1) is 10.1 Å². The first-order chi connectivity index (χ1) is 13.5. The molecule has 0 saturated carbocycles. The highest BCUT2D eigenvalue weighted by molar-refractivity contribution is 7.10. The number of thiophene rings is 1. The number of aromatic amines is 1. The largest absolute Gasteiger partial charge is 0.488 e. The van der Waals surface area contributed by atoms with Crippen LogP contribution in [0.15, 0.2) is 66.0 Å². The summed E-state index contributed by atoms with van der Waals surface area (Å²) in [7, 11) is -1.61. The summed E-state index contributed by atoms with van der Waals surface area (Å²) >= 11 is 1.48. The van der Waals surface area contributed by atoms with Gasteiger partial charge in [0.1, 0.15) is 0 Å². The summed E-state index contributed by atoms with van der Waals surface area (Å²) in [5.41, 5.74) is 3.66. The molecule has 0 aliphatic rings. The van der Waals surface area contributed by atoms with Gasteiger partial charge in [0.25, 0.3) is 0 Å². The Hall–Kier alpha value is -2.94. The maximum absolute atomic E-state index is 11.5. The van der Waals surface area contributed by atoms with E-state index in [4.69, 9.17) is 0 Å². The molecule has 4 aromatic rings. The predicted octanol–water partition coefficient (Wildman–Crippen LogP) is 2.98. The van der Waals surface area contributed by atoms with Crippen LogP contribution >= 0.6 is 11.3 Å². The quantitative estimate of drug-likeness (QED) is 0.267. The third-order valence-corrected chi connectivity index (χ3v) is 5.78. The van der Waals surface area contributed by atoms with Gasteiger partial charge >= 0.3 is 7.12 Å². The number of hydrogen-bond acceptors (Lipinski definition) is 5. The van der Waals surface area contributed by atoms with Crippen LogP contribution in [0.4, 0.5) is 0 Å². The summed E-state index contributed by atoms with van der Waals surface area (Å²) < 4.78 is 0. The minimum absolute atomic E-state index is 0.251. The van der Waals surface area contributed by atoms with E-state index in [1.165, 1.54) is 11.3 Å². The van der Waals surface area contributed by atoms with Crippen molar-refractivity contribution in [3.63, 3.8) is 0 Å². The summed E-state index contributed by atoms with van der Waals surface area (Å²) in [5.74, 6) is -0.454. The Morgan fingerprint density at radius 2 is 1.89 bits per heavy atom. The highest BCUT2D eigenvalue weighted by Crippen LogP contribution is 2.40. The zero-order valence-electron chi connectivity index (χ0n) is 14.8. The van der Waals surface area contributed by atoms with E-state index in [9.17, 15) is 20.2 Å². The van der Waals surface area contributed by atoms with Crippen molar-refractivity contribution >= 4 is 34.8 Å². The first-order valence-electron chi connectivity index (χ1n) is 8.77. The molecule has 0 amide bonds. The molecule has 0 spiro atoms. The Kier molecular flexibility index (Phi) is 5.00. The Bertz CT molecular complexity index is 1110. The smallest absolute Gasteiger partial charge is 0.423 e. The highest BCUT2D eigenvalue weighted by atomic mass is 32.1. The summed E-state index contributed by atoms with van der Waals surface area (Å²) in [6.07, 6.45) is 0. The molecule has 0 radical (unpaired) electrons. The van der Waals surface area contributed by atoms with Gasteiger partial charge in [0.2, 0.25) is 6.54 Å². The lowest BCUT2D eigenvalue weighted by atomic mass is 9.79. The van der Waals surface area contributed by atoms with Gasteiger partial charge in [0.05, 0.1) is 11.6 Å². The SMILES string of the molecule is O=[N+]([O-])CC(c1cccs1)c1c(-c2ccccc2)[nH]c2ccc(B(O)O)cc12. The van der Waals surface area contributed by atoms with Crippen molar-refractivity contribution in [3.8, 4) is 11.3 Å². The zero-order chi connectivity index (χ0) is 19.7. The standard InChI is InChI=1S/C20H17BN2O4S/c24-21(25)14-8-9-17-15(11-14)19(20(22-17)13-5-2-1-3-6-13)16(12-23(26)27)18-7-4-10-28-18/h1-11,16,22,24-25H,12H2. The second-order valence-electron chi connectivity index (χ2n) is 6.54. The number of nitrogens with zero attached hydrogens (tertiary/aromatic N) is 1. The monoisotopic (exact) mass is 392 g/mol. The molecule has 0 bridgehead atoms. The van der Waals surface area contributed by atoms with Gasteiger partial charge in [-0.05, 0) is 28.5 Å². The van der Waals surface area contributed by atoms with Gasteiger partial charge in [0.15, 0.2) is 0 Å². The minimum Gasteiger partial charge on any atom is -0.423 e. The fraction of sp³-hybridized carbons (Fsp3) is 0.100. The molecule has 0 aliphatic heterocycles. The molecule has 3 N–H and O–H groups in total. The van der Waals surface area contributed by atoms with E-state index in [2.05, 4.69) is 4.98 Å². The van der Waals surface area contributed by atoms with E-state index >= 15 is 0 Å². The molecule has 0 aliphatic carbocycles. The van der Waals surface area contributed by atoms with Crippen molar-refractivity contribution in [1.82, 2.24) is 4.98 Å². The van der Waals surface area contributed by atoms with Gasteiger partial charge in [0, 0.05) is 26.3 Å². The van der Waals surface area contributed by atoms with E-state index in [0.717, 1.165) is 32.6 Å². The Labute approximate surface area is 165 Å². The maximum atomic E-state index is 11.5. The van der Waals surface area contributed by atoms with Crippen LogP contribution in [0.5, 0.6) is 0 Å². The van der Waals surface area contributed by atoms with Gasteiger partial charge in [-0.15, -0.1) is 11.3 Å². The normalized spacial score (nSPS) is 12.2. The second kappa shape index (κ2) is 7.59. The molecule has 1 unspecified atom stereocenters. The maximum Gasteiger partial charge on any atom is 0.488 e. The fourth-order valence-corrected chi connectivity index (χ4v) is 4.38. The van der Waals surface area contributed by atoms with E-state index in [1.54, 1.807) is 18.2 Å². The lowest BCUT2D eigenvalue weighted by molar-refractivity contribution is -0.481. The zero-order valence-corrected chi connectivity index (χ0v) is 15.6. The summed E-state index contributed by atoms with van der Waals surface area (Å²) in [5, 5.41) is 33.3. The van der Waals surface area contributed by atoms with Crippen molar-refractivity contribution in [2.24, 2.45) is 0 Å². The number of nitrogens with one attached hydrogen (secondary N) is 1. The topological polar surface area (TPSA) is 99.4 Å². The van der Waals surface area contributed by atoms with Crippen molar-refractivity contribution < 1.29 is 15.0 Å². The van der Waals surface area contributed by atoms with Gasteiger partial charge in [-0.1, -0.05) is 48.5 Å². The number of nitro groups is 1. The third-order valence-electron chi connectivity index (χ3n) is 4.79. The summed E-state index contributed by atoms with van der Waals surface area (Å²) in [6.45, 7) is -0.251. The number of benzene rings is 2. The van der Waals surface area contributed by atoms with Gasteiger partial charge in [-0.25, -0.2) is 0 Å². The van der Waals surface area contributed by atoms with E-state index in [-0.39, 0.29) is 11.5 Å². The van der Waals surface area contributed by atoms with Crippen LogP contribution in [-0.2, 0) is 0 Å². The van der Waals surface area contributed by atoms with Crippen molar-refractivity contribution in [2.45, 2.75) is 5.92 Å². The fourth-order valence-electron chi connectivity index (χ4n) is 3.55. The predicted molar refractivity (Wildman–Crippen MR) is 112 cm³/mol. The van der Waals surface area contributed by atoms with Gasteiger partial charge < -0.3 is 15.0 Å². The van der Waals surface area contributed by atoms with Crippen molar-refractivity contribution in [3.05, 3.63) is 86.6 Å². The van der Waals surface area contributed by atoms with Crippen molar-refractivity contribution in [2.75, 3.05) is 6.54 Å². The Morgan fingerprint density at radius 3 is 2.54 bits per heavy atom. The third kappa shape index (κ3) is 3.45. The molecule has 2 heterocycles. The van der Waals surface area contributed by atoms with Crippen LogP contribution in [0.2, 0.25) is 0 Å². The lowest BCUT2D eigenvalue weighted by Gasteiger charge is -2.14. The summed E-state index contributed by atoms with van der Waals surface area (Å²) in [4.78, 5) is 15.5. The Morgan fingerprint density at radius 1 is 1.11 bits per heavy atom. The molecule has 140 valence electrons. The lowest BCUT2D eigenvalue weighted by Crippen LogP contribution is -2.29. The van der Waals surface area contributed by atoms with Crippen LogP contribution in [-0.4, -0.2) is 33.6 Å². The average Bonchev–Trinajstić information content (AvgIpc) is 3.34. The number of H-pyrrole nitrogens is 1. The average molecular weight is 392 g/mol. The van der Waals surface area contributed by atoms with Crippen LogP contribution in [0.25, 0.3) is 22.2 Å². The van der Waals surface area contributed by atoms with E-state index in [0.29, 0.717) is 5.46 Å². The number of aromatic nitrogens is 1. The first kappa shape index (κ1) is 18.4. The highest BCUT2D eigenvalue weighted by Gasteiger charge is 2.29. The number of hydrogen-bond donors (Lipinski definition) is 3. The first-order valence-corrected chi connectivity index (χ1v) is 9.65. The molecule has 1 atom stereocenters. The second-order valence-corrected chi connectivity index (χ2v) is 7.52. The molecular weight excluding hydrogens is 375 g/mol. The van der Waals surface area contributed by atoms with Gasteiger partial charge in [-0.2, -0.15) is 0 Å². The molecule has 6 nitrogen and oxygen atoms in total. The molecular formula is C20H17BN2O4S. The molecule has 2 aromatic carbocycles. The Balaban J connectivity index is 2.02. The van der Waals surface area contributed by atoms with E-state index < -0.39 is 13.0 Å².